The van der Waals surface area contributed by atoms with Crippen molar-refractivity contribution in [3.05, 3.63) is 88.3 Å². The lowest BCUT2D eigenvalue weighted by Gasteiger charge is -2.23. The van der Waals surface area contributed by atoms with Crippen molar-refractivity contribution < 1.29 is 9.90 Å². The number of pyridine rings is 1. The van der Waals surface area contributed by atoms with Crippen LogP contribution in [0.25, 0.3) is 22.5 Å². The van der Waals surface area contributed by atoms with Gasteiger partial charge >= 0.3 is 0 Å². The van der Waals surface area contributed by atoms with Crippen LogP contribution in [0.2, 0.25) is 5.02 Å². The molecule has 12 nitrogen and oxygen atoms in total. The highest BCUT2D eigenvalue weighted by atomic mass is 35.5. The molecule has 4 N–H and O–H groups in total. The third-order valence-electron chi connectivity index (χ3n) is 7.38. The van der Waals surface area contributed by atoms with Crippen molar-refractivity contribution >= 4 is 28.9 Å². The topological polar surface area (TPSA) is 142 Å². The number of anilines is 2. The number of hydrogen-bond donors (Lipinski definition) is 4. The van der Waals surface area contributed by atoms with Crippen molar-refractivity contribution in [1.29, 1.82) is 0 Å². The summed E-state index contributed by atoms with van der Waals surface area (Å²) in [7, 11) is 1.82. The second-order valence-corrected chi connectivity index (χ2v) is 10.6. The Balaban J connectivity index is 1.42. The number of rotatable bonds is 3. The zero-order chi connectivity index (χ0) is 28.7. The van der Waals surface area contributed by atoms with Crippen molar-refractivity contribution in [1.82, 2.24) is 35.3 Å². The molecule has 0 fully saturated rings. The van der Waals surface area contributed by atoms with Gasteiger partial charge in [0.1, 0.15) is 0 Å². The van der Waals surface area contributed by atoms with Crippen LogP contribution in [0.15, 0.2) is 72.0 Å². The van der Waals surface area contributed by atoms with Gasteiger partial charge in [0.05, 0.1) is 53.2 Å². The molecule has 0 radical (unpaired) electrons. The van der Waals surface area contributed by atoms with Crippen LogP contribution in [0.1, 0.15) is 37.9 Å². The Morgan fingerprint density at radius 1 is 1.10 bits per heavy atom. The number of benzene rings is 1. The number of fused-ring (bicyclic) bond motifs is 4. The van der Waals surface area contributed by atoms with Gasteiger partial charge in [0.15, 0.2) is 0 Å². The molecular formula is C28H28ClN9O3. The summed E-state index contributed by atoms with van der Waals surface area (Å²) in [5, 5.41) is 19.2. The summed E-state index contributed by atoms with van der Waals surface area (Å²) >= 11 is 6.31. The van der Waals surface area contributed by atoms with Gasteiger partial charge in [0.2, 0.25) is 11.8 Å². The normalized spacial score (nSPS) is 19.0. The van der Waals surface area contributed by atoms with Crippen LogP contribution in [-0.4, -0.2) is 35.3 Å². The Hall–Kier alpha value is -4.68. The third-order valence-corrected chi connectivity index (χ3v) is 7.61. The molecule has 2 bridgehead atoms. The van der Waals surface area contributed by atoms with Gasteiger partial charge in [-0.05, 0) is 43.2 Å². The molecule has 0 saturated carbocycles. The van der Waals surface area contributed by atoms with E-state index in [0.29, 0.717) is 52.6 Å². The first-order valence-electron chi connectivity index (χ1n) is 13.2. The van der Waals surface area contributed by atoms with E-state index in [9.17, 15) is 14.7 Å². The van der Waals surface area contributed by atoms with Crippen LogP contribution in [0.5, 0.6) is 0 Å². The summed E-state index contributed by atoms with van der Waals surface area (Å²) in [6, 6.07) is 10.1. The van der Waals surface area contributed by atoms with E-state index in [2.05, 4.69) is 31.3 Å². The number of amides is 1. The molecular weight excluding hydrogens is 546 g/mol. The van der Waals surface area contributed by atoms with Gasteiger partial charge in [-0.1, -0.05) is 24.9 Å². The molecule has 210 valence electrons. The molecule has 0 aliphatic carbocycles. The average Bonchev–Trinajstić information content (AvgIpc) is 3.55. The molecule has 6 rings (SSSR count). The molecule has 0 saturated heterocycles. The van der Waals surface area contributed by atoms with Gasteiger partial charge in [0.25, 0.3) is 5.56 Å². The number of aliphatic hydroxyl groups excluding tert-OH is 1. The molecule has 0 unspecified atom stereocenters. The second-order valence-electron chi connectivity index (χ2n) is 10.1. The van der Waals surface area contributed by atoms with Crippen LogP contribution in [0, 0.1) is 5.92 Å². The van der Waals surface area contributed by atoms with Gasteiger partial charge in [0, 0.05) is 41.4 Å². The highest BCUT2D eigenvalue weighted by molar-refractivity contribution is 6.31. The molecule has 2 atom stereocenters. The van der Waals surface area contributed by atoms with E-state index < -0.39 is 6.04 Å². The standard InChI is InChI=1S/C28H28ClN9O3/c1-16-4-3-5-24(21-10-17(8-9-30-21)27-22(33-28(16)41)13-32-36(27)2)37-15-31-20(12-26(37)40)19-11-18(29)6-7-23(19)38-14-25(39)34-35-38/h6-16,24,34-35,39H,3-5H2,1-2H3,(H,33,41)/t16-,24+/m1/s1. The van der Waals surface area contributed by atoms with Gasteiger partial charge in [-0.3, -0.25) is 34.3 Å². The number of nitrogens with one attached hydrogen (secondary N) is 3. The van der Waals surface area contributed by atoms with Crippen LogP contribution in [-0.2, 0) is 11.8 Å². The third kappa shape index (κ3) is 5.14. The minimum atomic E-state index is -0.404. The highest BCUT2D eigenvalue weighted by Gasteiger charge is 2.24. The summed E-state index contributed by atoms with van der Waals surface area (Å²) < 4.78 is 3.30. The van der Waals surface area contributed by atoms with E-state index in [-0.39, 0.29) is 23.3 Å². The molecule has 2 aliphatic heterocycles. The van der Waals surface area contributed by atoms with Crippen LogP contribution >= 0.6 is 11.6 Å². The first-order chi connectivity index (χ1) is 19.8. The maximum atomic E-state index is 13.7. The Morgan fingerprint density at radius 2 is 1.95 bits per heavy atom. The molecule has 2 aliphatic rings. The number of hydrazine groups is 2. The SMILES string of the molecule is C[C@@H]1CCC[C@H](n2cnc(-c3cc(Cl)ccc3N3C=C(O)NN3)cc2=O)c2cc(ccn2)-c2c(cnn2C)NC1=O. The number of aromatic nitrogens is 5. The average molecular weight is 574 g/mol. The monoisotopic (exact) mass is 573 g/mol. The fraction of sp³-hybridized carbons (Fsp3) is 0.250. The molecule has 3 aromatic heterocycles. The Morgan fingerprint density at radius 3 is 2.73 bits per heavy atom. The van der Waals surface area contributed by atoms with E-state index in [1.54, 1.807) is 44.9 Å². The Labute approximate surface area is 240 Å². The minimum Gasteiger partial charge on any atom is -0.493 e. The summed E-state index contributed by atoms with van der Waals surface area (Å²) in [6.45, 7) is 1.90. The summed E-state index contributed by atoms with van der Waals surface area (Å²) in [5.74, 6) is -0.358. The summed E-state index contributed by atoms with van der Waals surface area (Å²) in [5.41, 5.74) is 9.75. The smallest absolute Gasteiger partial charge is 0.254 e. The largest absolute Gasteiger partial charge is 0.493 e. The molecule has 41 heavy (non-hydrogen) atoms. The van der Waals surface area contributed by atoms with Crippen LogP contribution < -0.4 is 26.8 Å². The number of carbonyl (C=O) groups is 1. The number of carbonyl (C=O) groups excluding carboxylic acids is 1. The number of halogens is 1. The zero-order valence-electron chi connectivity index (χ0n) is 22.4. The van der Waals surface area contributed by atoms with Crippen molar-refractivity contribution in [2.75, 3.05) is 10.3 Å². The quantitative estimate of drug-likeness (QED) is 0.287. The maximum absolute atomic E-state index is 13.7. The second kappa shape index (κ2) is 10.7. The van der Waals surface area contributed by atoms with E-state index in [1.165, 1.54) is 18.6 Å². The maximum Gasteiger partial charge on any atom is 0.254 e. The summed E-state index contributed by atoms with van der Waals surface area (Å²) in [4.78, 5) is 35.9. The Bertz CT molecular complexity index is 1730. The molecule has 0 spiro atoms. The fourth-order valence-corrected chi connectivity index (χ4v) is 5.40. The van der Waals surface area contributed by atoms with Crippen molar-refractivity contribution in [3.8, 4) is 22.5 Å². The Kier molecular flexibility index (Phi) is 6.93. The van der Waals surface area contributed by atoms with E-state index in [4.69, 9.17) is 11.6 Å². The first kappa shape index (κ1) is 26.5. The summed E-state index contributed by atoms with van der Waals surface area (Å²) in [6.07, 6.45) is 8.26. The lowest BCUT2D eigenvalue weighted by molar-refractivity contribution is -0.119. The zero-order valence-corrected chi connectivity index (χ0v) is 23.1. The van der Waals surface area contributed by atoms with E-state index in [0.717, 1.165) is 11.3 Å². The molecule has 1 aromatic carbocycles. The van der Waals surface area contributed by atoms with Crippen molar-refractivity contribution in [3.63, 3.8) is 0 Å². The van der Waals surface area contributed by atoms with Crippen molar-refractivity contribution in [2.24, 2.45) is 13.0 Å². The first-order valence-corrected chi connectivity index (χ1v) is 13.6. The number of nitrogens with zero attached hydrogens (tertiary/aromatic N) is 6. The number of hydrogen-bond acceptors (Lipinski definition) is 9. The van der Waals surface area contributed by atoms with Crippen LogP contribution in [0.3, 0.4) is 0 Å². The van der Waals surface area contributed by atoms with Crippen molar-refractivity contribution in [2.45, 2.75) is 32.2 Å². The number of aryl methyl sites for hydroxylation is 1. The highest BCUT2D eigenvalue weighted by Crippen LogP contribution is 2.34. The number of aliphatic hydroxyl groups is 1. The fourth-order valence-electron chi connectivity index (χ4n) is 5.23. The van der Waals surface area contributed by atoms with Gasteiger partial charge in [-0.2, -0.15) is 5.10 Å². The molecule has 4 aromatic rings. The predicted octanol–water partition coefficient (Wildman–Crippen LogP) is 3.89. The lowest BCUT2D eigenvalue weighted by Crippen LogP contribution is -2.36. The van der Waals surface area contributed by atoms with Crippen LogP contribution in [0.4, 0.5) is 11.4 Å². The van der Waals surface area contributed by atoms with Gasteiger partial charge < -0.3 is 10.4 Å². The molecule has 5 heterocycles. The van der Waals surface area contributed by atoms with E-state index in [1.807, 2.05) is 26.1 Å². The molecule has 1 amide bonds. The molecule has 13 heteroatoms. The van der Waals surface area contributed by atoms with Gasteiger partial charge in [-0.25, -0.2) is 4.98 Å². The predicted molar refractivity (Wildman–Crippen MR) is 155 cm³/mol. The van der Waals surface area contributed by atoms with E-state index >= 15 is 0 Å². The van der Waals surface area contributed by atoms with Gasteiger partial charge in [-0.15, -0.1) is 5.53 Å². The lowest BCUT2D eigenvalue weighted by atomic mass is 9.97. The minimum absolute atomic E-state index is 0.0587.